The average molecular weight is 237 g/mol. The molecule has 0 amide bonds. The third-order valence-electron chi connectivity index (χ3n) is 2.80. The molecule has 1 N–H and O–H groups in total. The molecule has 4 heteroatoms. The summed E-state index contributed by atoms with van der Waals surface area (Å²) in [7, 11) is 3.73. The summed E-state index contributed by atoms with van der Waals surface area (Å²) in [5.41, 5.74) is 1.22. The van der Waals surface area contributed by atoms with Crippen molar-refractivity contribution in [1.82, 2.24) is 10.3 Å². The van der Waals surface area contributed by atoms with Gasteiger partial charge in [-0.05, 0) is 25.1 Å². The van der Waals surface area contributed by atoms with Gasteiger partial charge in [0, 0.05) is 32.9 Å². The van der Waals surface area contributed by atoms with E-state index in [-0.39, 0.29) is 0 Å². The number of hydrogen-bond donors (Lipinski definition) is 1. The van der Waals surface area contributed by atoms with Crippen LogP contribution in [0.4, 0.5) is 5.82 Å². The molecule has 0 aromatic carbocycles. The lowest BCUT2D eigenvalue weighted by Crippen LogP contribution is -2.23. The van der Waals surface area contributed by atoms with Crippen LogP contribution in [0.15, 0.2) is 18.3 Å². The van der Waals surface area contributed by atoms with Crippen LogP contribution in [0.1, 0.15) is 25.5 Å². The molecule has 0 saturated carbocycles. The molecular weight excluding hydrogens is 214 g/mol. The third kappa shape index (κ3) is 4.32. The van der Waals surface area contributed by atoms with Crippen LogP contribution >= 0.6 is 0 Å². The molecule has 0 saturated heterocycles. The number of anilines is 1. The summed E-state index contributed by atoms with van der Waals surface area (Å²) in [6, 6.07) is 4.53. The van der Waals surface area contributed by atoms with Gasteiger partial charge >= 0.3 is 0 Å². The van der Waals surface area contributed by atoms with E-state index in [1.807, 2.05) is 13.2 Å². The molecule has 0 aliphatic carbocycles. The van der Waals surface area contributed by atoms with E-state index in [1.54, 1.807) is 7.11 Å². The maximum absolute atomic E-state index is 5.05. The highest BCUT2D eigenvalue weighted by Crippen LogP contribution is 2.14. The highest BCUT2D eigenvalue weighted by atomic mass is 16.5. The number of nitrogens with one attached hydrogen (secondary N) is 1. The Labute approximate surface area is 104 Å². The van der Waals surface area contributed by atoms with Gasteiger partial charge in [-0.2, -0.15) is 0 Å². The zero-order valence-corrected chi connectivity index (χ0v) is 11.2. The Kier molecular flexibility index (Phi) is 5.94. The minimum absolute atomic E-state index is 0.353. The van der Waals surface area contributed by atoms with Crippen LogP contribution in [0.5, 0.6) is 0 Å². The molecule has 17 heavy (non-hydrogen) atoms. The third-order valence-corrected chi connectivity index (χ3v) is 2.80. The van der Waals surface area contributed by atoms with Crippen molar-refractivity contribution in [1.29, 1.82) is 0 Å². The summed E-state index contributed by atoms with van der Waals surface area (Å²) in [5, 5.41) is 3.37. The second-order valence-electron chi connectivity index (χ2n) is 4.14. The number of hydrogen-bond acceptors (Lipinski definition) is 4. The Morgan fingerprint density at radius 2 is 2.24 bits per heavy atom. The van der Waals surface area contributed by atoms with Gasteiger partial charge in [-0.15, -0.1) is 0 Å². The fourth-order valence-corrected chi connectivity index (χ4v) is 1.65. The van der Waals surface area contributed by atoms with Gasteiger partial charge in [-0.25, -0.2) is 4.98 Å². The summed E-state index contributed by atoms with van der Waals surface area (Å²) in [6.45, 7) is 6.79. The van der Waals surface area contributed by atoms with Crippen molar-refractivity contribution in [2.75, 3.05) is 38.8 Å². The summed E-state index contributed by atoms with van der Waals surface area (Å²) >= 11 is 0. The van der Waals surface area contributed by atoms with Crippen LogP contribution in [0.2, 0.25) is 0 Å². The van der Waals surface area contributed by atoms with Crippen molar-refractivity contribution in [3.63, 3.8) is 0 Å². The van der Waals surface area contributed by atoms with Crippen molar-refractivity contribution in [2.45, 2.75) is 19.9 Å². The zero-order valence-electron chi connectivity index (χ0n) is 11.2. The number of methoxy groups -OCH3 is 1. The SMILES string of the molecule is CCNC(C)c1ccc(N(C)CCOC)nc1. The molecule has 1 aromatic heterocycles. The molecule has 0 aliphatic heterocycles. The van der Waals surface area contributed by atoms with Gasteiger partial charge < -0.3 is 15.0 Å². The topological polar surface area (TPSA) is 37.4 Å². The van der Waals surface area contributed by atoms with E-state index in [4.69, 9.17) is 4.74 Å². The van der Waals surface area contributed by atoms with E-state index in [1.165, 1.54) is 5.56 Å². The van der Waals surface area contributed by atoms with Gasteiger partial charge in [0.25, 0.3) is 0 Å². The van der Waals surface area contributed by atoms with Gasteiger partial charge in [-0.1, -0.05) is 13.0 Å². The Bertz CT molecular complexity index is 313. The summed E-state index contributed by atoms with van der Waals surface area (Å²) in [6.07, 6.45) is 1.94. The Morgan fingerprint density at radius 1 is 1.47 bits per heavy atom. The van der Waals surface area contributed by atoms with E-state index in [0.29, 0.717) is 12.6 Å². The number of aromatic nitrogens is 1. The normalized spacial score (nSPS) is 12.5. The van der Waals surface area contributed by atoms with Gasteiger partial charge in [0.2, 0.25) is 0 Å². The van der Waals surface area contributed by atoms with E-state index in [0.717, 1.165) is 18.9 Å². The molecule has 96 valence electrons. The van der Waals surface area contributed by atoms with Crippen LogP contribution in [-0.2, 0) is 4.74 Å². The monoisotopic (exact) mass is 237 g/mol. The highest BCUT2D eigenvalue weighted by molar-refractivity contribution is 5.38. The minimum atomic E-state index is 0.353. The van der Waals surface area contributed by atoms with Crippen molar-refractivity contribution < 1.29 is 4.74 Å². The first-order valence-electron chi connectivity index (χ1n) is 6.08. The van der Waals surface area contributed by atoms with E-state index >= 15 is 0 Å². The maximum Gasteiger partial charge on any atom is 0.128 e. The van der Waals surface area contributed by atoms with Crippen LogP contribution in [0, 0.1) is 0 Å². The Hall–Kier alpha value is -1.13. The smallest absolute Gasteiger partial charge is 0.128 e. The van der Waals surface area contributed by atoms with Crippen LogP contribution in [-0.4, -0.2) is 38.8 Å². The van der Waals surface area contributed by atoms with Crippen LogP contribution in [0.25, 0.3) is 0 Å². The molecular formula is C13H23N3O. The molecule has 1 aromatic rings. The van der Waals surface area contributed by atoms with Gasteiger partial charge in [0.05, 0.1) is 6.61 Å². The maximum atomic E-state index is 5.05. The predicted molar refractivity (Wildman–Crippen MR) is 71.5 cm³/mol. The molecule has 1 unspecified atom stereocenters. The predicted octanol–water partition coefficient (Wildman–Crippen LogP) is 1.83. The highest BCUT2D eigenvalue weighted by Gasteiger charge is 2.06. The quantitative estimate of drug-likeness (QED) is 0.785. The number of nitrogens with zero attached hydrogens (tertiary/aromatic N) is 2. The Balaban J connectivity index is 2.60. The molecule has 1 heterocycles. The van der Waals surface area contributed by atoms with Crippen molar-refractivity contribution >= 4 is 5.82 Å². The molecule has 0 bridgehead atoms. The lowest BCUT2D eigenvalue weighted by molar-refractivity contribution is 0.206. The van der Waals surface area contributed by atoms with Gasteiger partial charge in [-0.3, -0.25) is 0 Å². The lowest BCUT2D eigenvalue weighted by Gasteiger charge is -2.19. The first-order valence-corrected chi connectivity index (χ1v) is 6.08. The standard InChI is InChI=1S/C13H23N3O/c1-5-14-11(2)12-6-7-13(15-10-12)16(3)8-9-17-4/h6-7,10-11,14H,5,8-9H2,1-4H3. The zero-order chi connectivity index (χ0) is 12.7. The summed E-state index contributed by atoms with van der Waals surface area (Å²) in [4.78, 5) is 6.55. The second kappa shape index (κ2) is 7.25. The van der Waals surface area contributed by atoms with Crippen LogP contribution in [0.3, 0.4) is 0 Å². The largest absolute Gasteiger partial charge is 0.383 e. The molecule has 0 fully saturated rings. The van der Waals surface area contributed by atoms with E-state index < -0.39 is 0 Å². The summed E-state index contributed by atoms with van der Waals surface area (Å²) in [5.74, 6) is 0.981. The number of pyridine rings is 1. The average Bonchev–Trinajstić information content (AvgIpc) is 2.36. The van der Waals surface area contributed by atoms with Crippen molar-refractivity contribution in [3.05, 3.63) is 23.9 Å². The van der Waals surface area contributed by atoms with Crippen LogP contribution < -0.4 is 10.2 Å². The first kappa shape index (κ1) is 13.9. The lowest BCUT2D eigenvalue weighted by atomic mass is 10.1. The fraction of sp³-hybridized carbons (Fsp3) is 0.615. The number of ether oxygens (including phenoxy) is 1. The summed E-state index contributed by atoms with van der Waals surface area (Å²) < 4.78 is 5.05. The molecule has 0 spiro atoms. The number of rotatable bonds is 7. The first-order chi connectivity index (χ1) is 8.19. The van der Waals surface area contributed by atoms with Crippen molar-refractivity contribution in [2.24, 2.45) is 0 Å². The molecule has 0 aliphatic rings. The Morgan fingerprint density at radius 3 is 2.76 bits per heavy atom. The number of likely N-dealkylation sites (N-methyl/N-ethyl adjacent to an activating group) is 1. The van der Waals surface area contributed by atoms with Crippen molar-refractivity contribution in [3.8, 4) is 0 Å². The van der Waals surface area contributed by atoms with E-state index in [2.05, 4.69) is 41.2 Å². The second-order valence-corrected chi connectivity index (χ2v) is 4.14. The van der Waals surface area contributed by atoms with Gasteiger partial charge in [0.1, 0.15) is 5.82 Å². The molecule has 0 radical (unpaired) electrons. The molecule has 4 nitrogen and oxygen atoms in total. The minimum Gasteiger partial charge on any atom is -0.383 e. The molecule has 1 atom stereocenters. The van der Waals surface area contributed by atoms with E-state index in [9.17, 15) is 0 Å². The van der Waals surface area contributed by atoms with Gasteiger partial charge in [0.15, 0.2) is 0 Å². The molecule has 1 rings (SSSR count). The fourth-order valence-electron chi connectivity index (χ4n) is 1.65.